The van der Waals surface area contributed by atoms with E-state index in [0.717, 1.165) is 0 Å². The van der Waals surface area contributed by atoms with Gasteiger partial charge in [-0.1, -0.05) is 36.7 Å². The monoisotopic (exact) mass is 358 g/mol. The highest BCUT2D eigenvalue weighted by Gasteiger charge is 2.18. The van der Waals surface area contributed by atoms with Crippen LogP contribution in [0.1, 0.15) is 13.3 Å². The number of carboxylic acid groups (broad SMARTS) is 1. The van der Waals surface area contributed by atoms with Crippen molar-refractivity contribution in [3.05, 3.63) is 64.0 Å². The maximum absolute atomic E-state index is 11.9. The second-order valence-corrected chi connectivity index (χ2v) is 5.88. The molecule has 0 aliphatic heterocycles. The molecule has 3 aromatic rings. The Bertz CT molecular complexity index is 993. The molecule has 0 saturated carbocycles. The van der Waals surface area contributed by atoms with Gasteiger partial charge in [0.25, 0.3) is 0 Å². The van der Waals surface area contributed by atoms with Crippen LogP contribution in [0, 0.1) is 0 Å². The second-order valence-electron chi connectivity index (χ2n) is 5.47. The molecule has 0 aliphatic rings. The van der Waals surface area contributed by atoms with Crippen molar-refractivity contribution >= 4 is 28.5 Å². The maximum atomic E-state index is 11.9. The molecule has 0 amide bonds. The van der Waals surface area contributed by atoms with Crippen LogP contribution in [0.4, 0.5) is 0 Å². The molecule has 0 spiro atoms. The molecule has 1 atom stereocenters. The summed E-state index contributed by atoms with van der Waals surface area (Å²) in [6.07, 6.45) is -0.646. The average molecular weight is 359 g/mol. The zero-order valence-electron chi connectivity index (χ0n) is 13.4. The summed E-state index contributed by atoms with van der Waals surface area (Å²) in [6.45, 7) is 1.72. The Balaban J connectivity index is 2.12. The summed E-state index contributed by atoms with van der Waals surface area (Å²) in [4.78, 5) is 23.1. The van der Waals surface area contributed by atoms with E-state index in [4.69, 9.17) is 25.9 Å². The molecule has 128 valence electrons. The normalized spacial score (nSPS) is 12.1. The molecule has 0 radical (unpaired) electrons. The van der Waals surface area contributed by atoms with Gasteiger partial charge in [0.2, 0.25) is 0 Å². The number of benzene rings is 2. The quantitative estimate of drug-likeness (QED) is 0.686. The number of fused-ring (bicyclic) bond motifs is 1. The van der Waals surface area contributed by atoms with Gasteiger partial charge < -0.3 is 14.3 Å². The number of ether oxygens (including phenoxy) is 1. The van der Waals surface area contributed by atoms with Gasteiger partial charge in [-0.15, -0.1) is 0 Å². The molecule has 1 unspecified atom stereocenters. The Labute approximate surface area is 148 Å². The predicted molar refractivity (Wildman–Crippen MR) is 95.3 cm³/mol. The summed E-state index contributed by atoms with van der Waals surface area (Å²) >= 11 is 6.24. The highest BCUT2D eigenvalue weighted by Crippen LogP contribution is 2.33. The van der Waals surface area contributed by atoms with Crippen LogP contribution in [0.2, 0.25) is 5.02 Å². The van der Waals surface area contributed by atoms with Crippen LogP contribution in [0.25, 0.3) is 22.1 Å². The van der Waals surface area contributed by atoms with Crippen LogP contribution in [0.5, 0.6) is 5.75 Å². The first-order chi connectivity index (χ1) is 12.0. The van der Waals surface area contributed by atoms with E-state index in [1.165, 1.54) is 12.1 Å². The predicted octanol–water partition coefficient (Wildman–Crippen LogP) is 4.36. The Morgan fingerprint density at radius 3 is 2.64 bits per heavy atom. The van der Waals surface area contributed by atoms with Gasteiger partial charge in [0.05, 0.1) is 0 Å². The van der Waals surface area contributed by atoms with Crippen LogP contribution in [-0.2, 0) is 4.79 Å². The van der Waals surface area contributed by atoms with E-state index in [-0.39, 0.29) is 0 Å². The van der Waals surface area contributed by atoms with Gasteiger partial charge in [-0.2, -0.15) is 0 Å². The van der Waals surface area contributed by atoms with Crippen molar-refractivity contribution in [1.29, 1.82) is 0 Å². The van der Waals surface area contributed by atoms with Gasteiger partial charge in [-0.3, -0.25) is 0 Å². The summed E-state index contributed by atoms with van der Waals surface area (Å²) in [5.74, 6) is -0.727. The van der Waals surface area contributed by atoms with Gasteiger partial charge in [-0.05, 0) is 24.6 Å². The molecular formula is C19H15ClO5. The lowest BCUT2D eigenvalue weighted by molar-refractivity contribution is -0.145. The molecule has 2 aromatic carbocycles. The zero-order valence-corrected chi connectivity index (χ0v) is 14.1. The number of carboxylic acids is 1. The van der Waals surface area contributed by atoms with E-state index in [1.807, 2.05) is 18.2 Å². The molecule has 0 saturated heterocycles. The van der Waals surface area contributed by atoms with E-state index in [1.54, 1.807) is 25.1 Å². The first-order valence-electron chi connectivity index (χ1n) is 7.72. The fraction of sp³-hybridized carbons (Fsp3) is 0.158. The largest absolute Gasteiger partial charge is 0.479 e. The number of hydrogen-bond donors (Lipinski definition) is 1. The lowest BCUT2D eigenvalue weighted by atomic mass is 10.0. The van der Waals surface area contributed by atoms with Crippen molar-refractivity contribution in [1.82, 2.24) is 0 Å². The lowest BCUT2D eigenvalue weighted by Crippen LogP contribution is -2.25. The molecule has 1 heterocycles. The fourth-order valence-electron chi connectivity index (χ4n) is 2.59. The summed E-state index contributed by atoms with van der Waals surface area (Å²) in [5, 5.41) is 10.3. The summed E-state index contributed by atoms with van der Waals surface area (Å²) in [6, 6.07) is 13.5. The minimum absolute atomic E-state index is 0.306. The maximum Gasteiger partial charge on any atom is 0.344 e. The Morgan fingerprint density at radius 1 is 1.20 bits per heavy atom. The Morgan fingerprint density at radius 2 is 1.96 bits per heavy atom. The van der Waals surface area contributed by atoms with Gasteiger partial charge in [0.1, 0.15) is 11.3 Å². The molecule has 25 heavy (non-hydrogen) atoms. The van der Waals surface area contributed by atoms with Gasteiger partial charge in [0.15, 0.2) is 6.10 Å². The van der Waals surface area contributed by atoms with Gasteiger partial charge in [-0.25, -0.2) is 9.59 Å². The van der Waals surface area contributed by atoms with Crippen LogP contribution in [0.15, 0.2) is 57.7 Å². The molecule has 5 nitrogen and oxygen atoms in total. The number of carbonyl (C=O) groups is 1. The highest BCUT2D eigenvalue weighted by atomic mass is 35.5. The third-order valence-electron chi connectivity index (χ3n) is 3.80. The minimum atomic E-state index is -1.05. The summed E-state index contributed by atoms with van der Waals surface area (Å²) in [7, 11) is 0. The third-order valence-corrected chi connectivity index (χ3v) is 4.13. The Kier molecular flexibility index (Phi) is 4.76. The standard InChI is InChI=1S/C19H15ClO5/c1-2-16(19(22)23)24-11-7-8-13-14(10-18(21)25-17(13)9-11)12-5-3-4-6-15(12)20/h3-10,16H,2H2,1H3,(H,22,23). The average Bonchev–Trinajstić information content (AvgIpc) is 2.58. The number of aliphatic carboxylic acids is 1. The topological polar surface area (TPSA) is 76.7 Å². The molecule has 0 aliphatic carbocycles. The Hall–Kier alpha value is -2.79. The minimum Gasteiger partial charge on any atom is -0.479 e. The van der Waals surface area contributed by atoms with Gasteiger partial charge in [0, 0.05) is 33.7 Å². The lowest BCUT2D eigenvalue weighted by Gasteiger charge is -2.14. The van der Waals surface area contributed by atoms with Crippen molar-refractivity contribution in [2.24, 2.45) is 0 Å². The van der Waals surface area contributed by atoms with E-state index >= 15 is 0 Å². The molecule has 0 bridgehead atoms. The van der Waals surface area contributed by atoms with Crippen molar-refractivity contribution in [3.63, 3.8) is 0 Å². The van der Waals surface area contributed by atoms with Crippen LogP contribution in [0.3, 0.4) is 0 Å². The van der Waals surface area contributed by atoms with Crippen molar-refractivity contribution in [2.75, 3.05) is 0 Å². The zero-order chi connectivity index (χ0) is 18.0. The molecule has 1 N–H and O–H groups in total. The first-order valence-corrected chi connectivity index (χ1v) is 8.09. The number of rotatable bonds is 5. The summed E-state index contributed by atoms with van der Waals surface area (Å²) < 4.78 is 10.7. The highest BCUT2D eigenvalue weighted by molar-refractivity contribution is 6.33. The van der Waals surface area contributed by atoms with Crippen LogP contribution >= 0.6 is 11.6 Å². The molecule has 6 heteroatoms. The first kappa shape index (κ1) is 17.0. The second kappa shape index (κ2) is 6.99. The molecule has 0 fully saturated rings. The van der Waals surface area contributed by atoms with Crippen LogP contribution < -0.4 is 10.4 Å². The van der Waals surface area contributed by atoms with E-state index in [0.29, 0.717) is 39.3 Å². The fourth-order valence-corrected chi connectivity index (χ4v) is 2.83. The van der Waals surface area contributed by atoms with E-state index in [9.17, 15) is 9.59 Å². The summed E-state index contributed by atoms with van der Waals surface area (Å²) in [5.41, 5.74) is 1.14. The van der Waals surface area contributed by atoms with E-state index < -0.39 is 17.7 Å². The van der Waals surface area contributed by atoms with Crippen molar-refractivity contribution < 1.29 is 19.1 Å². The SMILES string of the molecule is CCC(Oc1ccc2c(-c3ccccc3Cl)cc(=O)oc2c1)C(=O)O. The molecular weight excluding hydrogens is 344 g/mol. The number of halogens is 1. The van der Waals surface area contributed by atoms with E-state index in [2.05, 4.69) is 0 Å². The number of hydrogen-bond acceptors (Lipinski definition) is 4. The third kappa shape index (κ3) is 3.51. The van der Waals surface area contributed by atoms with Crippen molar-refractivity contribution in [2.45, 2.75) is 19.4 Å². The van der Waals surface area contributed by atoms with Crippen LogP contribution in [-0.4, -0.2) is 17.2 Å². The smallest absolute Gasteiger partial charge is 0.344 e. The van der Waals surface area contributed by atoms with Gasteiger partial charge >= 0.3 is 11.6 Å². The van der Waals surface area contributed by atoms with Crippen molar-refractivity contribution in [3.8, 4) is 16.9 Å². The molecule has 1 aromatic heterocycles. The molecule has 3 rings (SSSR count).